The van der Waals surface area contributed by atoms with Gasteiger partial charge in [0, 0.05) is 19.0 Å². The number of nitrogens with two attached hydrogens (primary N) is 1. The van der Waals surface area contributed by atoms with Gasteiger partial charge in [0.25, 0.3) is 0 Å². The van der Waals surface area contributed by atoms with Crippen LogP contribution in [-0.4, -0.2) is 29.2 Å². The Kier molecular flexibility index (Phi) is 6.80. The number of amides is 1. The van der Waals surface area contributed by atoms with E-state index in [0.29, 0.717) is 13.0 Å². The number of aliphatic hydroxyl groups is 1. The summed E-state index contributed by atoms with van der Waals surface area (Å²) in [5, 5.41) is 13.3. The maximum atomic E-state index is 11.7. The van der Waals surface area contributed by atoms with Crippen LogP contribution >= 0.6 is 0 Å². The number of carbonyl (C=O) groups excluding carboxylic acids is 1. The van der Waals surface area contributed by atoms with Gasteiger partial charge >= 0.3 is 0 Å². The molecule has 0 bridgehead atoms. The summed E-state index contributed by atoms with van der Waals surface area (Å²) >= 11 is 0. The lowest BCUT2D eigenvalue weighted by atomic mass is 9.78. The van der Waals surface area contributed by atoms with Gasteiger partial charge in [0.05, 0.1) is 5.60 Å². The minimum atomic E-state index is -0.678. The van der Waals surface area contributed by atoms with Crippen molar-refractivity contribution in [2.24, 2.45) is 11.7 Å². The summed E-state index contributed by atoms with van der Waals surface area (Å²) in [6.07, 6.45) is 7.17. The van der Waals surface area contributed by atoms with Crippen LogP contribution in [0.1, 0.15) is 65.2 Å². The Morgan fingerprint density at radius 1 is 1.47 bits per heavy atom. The molecule has 1 amide bonds. The summed E-state index contributed by atoms with van der Waals surface area (Å²) in [5.74, 6) is 0.786. The lowest BCUT2D eigenvalue weighted by Crippen LogP contribution is -2.45. The van der Waals surface area contributed by atoms with Crippen molar-refractivity contribution in [2.45, 2.75) is 76.9 Å². The number of nitrogens with one attached hydrogen (secondary N) is 1. The van der Waals surface area contributed by atoms with Gasteiger partial charge in [-0.05, 0) is 51.4 Å². The first-order valence-electron chi connectivity index (χ1n) is 7.70. The third-order valence-electron chi connectivity index (χ3n) is 4.29. The molecule has 1 unspecified atom stereocenters. The zero-order valence-corrected chi connectivity index (χ0v) is 12.5. The van der Waals surface area contributed by atoms with E-state index in [1.807, 2.05) is 6.92 Å². The van der Waals surface area contributed by atoms with Crippen molar-refractivity contribution < 1.29 is 9.90 Å². The molecule has 1 atom stereocenters. The summed E-state index contributed by atoms with van der Waals surface area (Å²) in [7, 11) is 0. The molecule has 1 rings (SSSR count). The van der Waals surface area contributed by atoms with Gasteiger partial charge in [-0.1, -0.05) is 13.3 Å². The third-order valence-corrected chi connectivity index (χ3v) is 4.29. The molecule has 0 radical (unpaired) electrons. The molecule has 0 heterocycles. The lowest BCUT2D eigenvalue weighted by molar-refractivity contribution is -0.123. The van der Waals surface area contributed by atoms with Gasteiger partial charge in [-0.3, -0.25) is 4.79 Å². The van der Waals surface area contributed by atoms with Crippen LogP contribution in [0, 0.1) is 5.92 Å². The van der Waals surface area contributed by atoms with Crippen LogP contribution in [0.15, 0.2) is 0 Å². The fourth-order valence-corrected chi connectivity index (χ4v) is 2.74. The van der Waals surface area contributed by atoms with Gasteiger partial charge in [-0.15, -0.1) is 0 Å². The van der Waals surface area contributed by atoms with Crippen LogP contribution in [0.2, 0.25) is 0 Å². The highest BCUT2D eigenvalue weighted by molar-refractivity contribution is 5.75. The summed E-state index contributed by atoms with van der Waals surface area (Å²) in [4.78, 5) is 11.7. The predicted molar refractivity (Wildman–Crippen MR) is 77.7 cm³/mol. The lowest BCUT2D eigenvalue weighted by Gasteiger charge is -2.35. The molecule has 1 saturated carbocycles. The molecular formula is C15H30N2O2. The molecule has 0 spiro atoms. The first-order valence-corrected chi connectivity index (χ1v) is 7.70. The zero-order valence-electron chi connectivity index (χ0n) is 12.5. The molecule has 19 heavy (non-hydrogen) atoms. The molecule has 0 saturated heterocycles. The molecule has 4 nitrogen and oxygen atoms in total. The van der Waals surface area contributed by atoms with E-state index >= 15 is 0 Å². The largest absolute Gasteiger partial charge is 0.388 e. The second-order valence-corrected chi connectivity index (χ2v) is 6.22. The Morgan fingerprint density at radius 3 is 2.63 bits per heavy atom. The number of carbonyl (C=O) groups is 1. The molecule has 1 aliphatic rings. The molecule has 1 aliphatic carbocycles. The van der Waals surface area contributed by atoms with E-state index in [0.717, 1.165) is 44.4 Å². The molecule has 1 fully saturated rings. The van der Waals surface area contributed by atoms with Gasteiger partial charge in [-0.2, -0.15) is 0 Å². The van der Waals surface area contributed by atoms with E-state index < -0.39 is 5.60 Å². The van der Waals surface area contributed by atoms with Crippen LogP contribution in [0.4, 0.5) is 0 Å². The molecular weight excluding hydrogens is 240 g/mol. The summed E-state index contributed by atoms with van der Waals surface area (Å²) in [6, 6.07) is 0.154. The maximum Gasteiger partial charge on any atom is 0.220 e. The number of rotatable bonds is 7. The van der Waals surface area contributed by atoms with Crippen molar-refractivity contribution in [3.8, 4) is 0 Å². The van der Waals surface area contributed by atoms with Crippen molar-refractivity contribution in [1.29, 1.82) is 0 Å². The Bertz CT molecular complexity index is 271. The van der Waals surface area contributed by atoms with Crippen molar-refractivity contribution in [3.05, 3.63) is 0 Å². The van der Waals surface area contributed by atoms with E-state index in [4.69, 9.17) is 5.73 Å². The number of hydrogen-bond donors (Lipinski definition) is 3. The van der Waals surface area contributed by atoms with Crippen LogP contribution in [0.25, 0.3) is 0 Å². The average molecular weight is 270 g/mol. The van der Waals surface area contributed by atoms with E-state index in [2.05, 4.69) is 12.2 Å². The van der Waals surface area contributed by atoms with Gasteiger partial charge in [-0.25, -0.2) is 0 Å². The predicted octanol–water partition coefficient (Wildman–Crippen LogP) is 1.95. The first-order chi connectivity index (χ1) is 8.95. The van der Waals surface area contributed by atoms with Crippen molar-refractivity contribution in [3.63, 3.8) is 0 Å². The normalized spacial score (nSPS) is 28.9. The average Bonchev–Trinajstić information content (AvgIpc) is 2.37. The van der Waals surface area contributed by atoms with Crippen molar-refractivity contribution in [1.82, 2.24) is 5.32 Å². The van der Waals surface area contributed by atoms with Crippen LogP contribution in [-0.2, 0) is 4.79 Å². The Morgan fingerprint density at radius 2 is 2.11 bits per heavy atom. The molecule has 0 aliphatic heterocycles. The van der Waals surface area contributed by atoms with Gasteiger partial charge in [0.1, 0.15) is 0 Å². The monoisotopic (exact) mass is 270 g/mol. The highest BCUT2D eigenvalue weighted by atomic mass is 16.3. The van der Waals surface area contributed by atoms with E-state index in [9.17, 15) is 9.90 Å². The standard InChI is InChI=1S/C15H30N2O2/c1-3-13-7-9-15(19,10-8-13)11-17-14(18)6-4-5-12(2)16/h12-13,19H,3-11,16H2,1-2H3,(H,17,18). The second-order valence-electron chi connectivity index (χ2n) is 6.22. The summed E-state index contributed by atoms with van der Waals surface area (Å²) in [5.41, 5.74) is 4.97. The van der Waals surface area contributed by atoms with Crippen molar-refractivity contribution in [2.75, 3.05) is 6.54 Å². The van der Waals surface area contributed by atoms with E-state index in [1.165, 1.54) is 6.42 Å². The first kappa shape index (κ1) is 16.4. The SMILES string of the molecule is CCC1CCC(O)(CNC(=O)CCCC(C)N)CC1. The minimum absolute atomic E-state index is 0.0340. The molecule has 4 N–H and O–H groups in total. The molecule has 0 aromatic carbocycles. The van der Waals surface area contributed by atoms with Gasteiger partial charge < -0.3 is 16.2 Å². The maximum absolute atomic E-state index is 11.7. The fourth-order valence-electron chi connectivity index (χ4n) is 2.74. The zero-order chi connectivity index (χ0) is 14.3. The third kappa shape index (κ3) is 6.39. The Hall–Kier alpha value is -0.610. The Labute approximate surface area is 117 Å². The molecule has 0 aromatic heterocycles. The molecule has 0 aromatic rings. The van der Waals surface area contributed by atoms with Gasteiger partial charge in [0.15, 0.2) is 0 Å². The Balaban J connectivity index is 2.19. The topological polar surface area (TPSA) is 75.3 Å². The van der Waals surface area contributed by atoms with Crippen LogP contribution < -0.4 is 11.1 Å². The molecule has 112 valence electrons. The van der Waals surface area contributed by atoms with Crippen LogP contribution in [0.3, 0.4) is 0 Å². The summed E-state index contributed by atoms with van der Waals surface area (Å²) in [6.45, 7) is 4.56. The quantitative estimate of drug-likeness (QED) is 0.662. The van der Waals surface area contributed by atoms with Gasteiger partial charge in [0.2, 0.25) is 5.91 Å². The molecule has 4 heteroatoms. The fraction of sp³-hybridized carbons (Fsp3) is 0.933. The second kappa shape index (κ2) is 7.85. The smallest absolute Gasteiger partial charge is 0.220 e. The minimum Gasteiger partial charge on any atom is -0.388 e. The van der Waals surface area contributed by atoms with E-state index in [-0.39, 0.29) is 11.9 Å². The number of hydrogen-bond acceptors (Lipinski definition) is 3. The summed E-state index contributed by atoms with van der Waals surface area (Å²) < 4.78 is 0. The van der Waals surface area contributed by atoms with E-state index in [1.54, 1.807) is 0 Å². The highest BCUT2D eigenvalue weighted by Crippen LogP contribution is 2.33. The van der Waals surface area contributed by atoms with Crippen molar-refractivity contribution >= 4 is 5.91 Å². The van der Waals surface area contributed by atoms with Crippen LogP contribution in [0.5, 0.6) is 0 Å². The highest BCUT2D eigenvalue weighted by Gasteiger charge is 2.32.